The fourth-order valence-corrected chi connectivity index (χ4v) is 2.73. The Hall–Kier alpha value is -1.68. The van der Waals surface area contributed by atoms with Gasteiger partial charge in [0.25, 0.3) is 0 Å². The lowest BCUT2D eigenvalue weighted by Crippen LogP contribution is -1.92. The van der Waals surface area contributed by atoms with E-state index in [0.29, 0.717) is 0 Å². The standard InChI is InChI=1S/C13H14N2OS/c1-4-12-9(2)14-15(3)13(12)17-11-7-5-6-10(16)8-11/h4-8,16H,1H2,2-3H3. The highest BCUT2D eigenvalue weighted by molar-refractivity contribution is 7.99. The number of nitrogens with zero attached hydrogens (tertiary/aromatic N) is 2. The maximum Gasteiger partial charge on any atom is 0.116 e. The van der Waals surface area contributed by atoms with E-state index in [4.69, 9.17) is 0 Å². The molecule has 2 aromatic rings. The van der Waals surface area contributed by atoms with E-state index in [-0.39, 0.29) is 5.75 Å². The summed E-state index contributed by atoms with van der Waals surface area (Å²) in [5.41, 5.74) is 2.01. The van der Waals surface area contributed by atoms with Gasteiger partial charge in [0.1, 0.15) is 10.8 Å². The fraction of sp³-hybridized carbons (Fsp3) is 0.154. The molecule has 0 saturated heterocycles. The number of rotatable bonds is 3. The Kier molecular flexibility index (Phi) is 3.24. The topological polar surface area (TPSA) is 38.0 Å². The number of benzene rings is 1. The molecular formula is C13H14N2OS. The van der Waals surface area contributed by atoms with E-state index in [0.717, 1.165) is 21.2 Å². The van der Waals surface area contributed by atoms with E-state index in [1.807, 2.05) is 36.9 Å². The molecule has 0 radical (unpaired) electrons. The van der Waals surface area contributed by atoms with Crippen LogP contribution in [0.15, 0.2) is 40.8 Å². The molecule has 0 aliphatic heterocycles. The van der Waals surface area contributed by atoms with Crippen molar-refractivity contribution >= 4 is 17.8 Å². The van der Waals surface area contributed by atoms with Crippen LogP contribution in [0.3, 0.4) is 0 Å². The molecule has 0 unspecified atom stereocenters. The number of phenolic OH excluding ortho intramolecular Hbond substituents is 1. The number of aromatic nitrogens is 2. The van der Waals surface area contributed by atoms with Crippen molar-refractivity contribution in [3.63, 3.8) is 0 Å². The largest absolute Gasteiger partial charge is 0.508 e. The van der Waals surface area contributed by atoms with Gasteiger partial charge in [0.2, 0.25) is 0 Å². The number of phenols is 1. The van der Waals surface area contributed by atoms with Gasteiger partial charge in [-0.25, -0.2) is 0 Å². The summed E-state index contributed by atoms with van der Waals surface area (Å²) in [6, 6.07) is 7.18. The summed E-state index contributed by atoms with van der Waals surface area (Å²) >= 11 is 1.57. The SMILES string of the molecule is C=Cc1c(C)nn(C)c1Sc1cccc(O)c1. The molecule has 0 spiro atoms. The van der Waals surface area contributed by atoms with Crippen LogP contribution in [0, 0.1) is 6.92 Å². The van der Waals surface area contributed by atoms with Gasteiger partial charge in [-0.05, 0) is 25.1 Å². The Morgan fingerprint density at radius 2 is 2.24 bits per heavy atom. The molecule has 1 heterocycles. The minimum atomic E-state index is 0.272. The van der Waals surface area contributed by atoms with Gasteiger partial charge in [0.15, 0.2) is 0 Å². The molecule has 2 rings (SSSR count). The first-order valence-electron chi connectivity index (χ1n) is 5.24. The van der Waals surface area contributed by atoms with Gasteiger partial charge < -0.3 is 5.11 Å². The lowest BCUT2D eigenvalue weighted by atomic mass is 10.3. The molecule has 3 nitrogen and oxygen atoms in total. The molecule has 17 heavy (non-hydrogen) atoms. The number of aromatic hydroxyl groups is 1. The first-order chi connectivity index (χ1) is 8.11. The van der Waals surface area contributed by atoms with E-state index >= 15 is 0 Å². The zero-order chi connectivity index (χ0) is 12.4. The zero-order valence-electron chi connectivity index (χ0n) is 9.84. The first-order valence-corrected chi connectivity index (χ1v) is 6.06. The Morgan fingerprint density at radius 3 is 2.88 bits per heavy atom. The highest BCUT2D eigenvalue weighted by Gasteiger charge is 2.11. The molecule has 1 aromatic heterocycles. The smallest absolute Gasteiger partial charge is 0.116 e. The third kappa shape index (κ3) is 2.36. The minimum absolute atomic E-state index is 0.272. The van der Waals surface area contributed by atoms with E-state index in [1.165, 1.54) is 0 Å². The summed E-state index contributed by atoms with van der Waals surface area (Å²) in [5, 5.41) is 14.8. The van der Waals surface area contributed by atoms with Crippen LogP contribution in [0.2, 0.25) is 0 Å². The Bertz CT molecular complexity index is 561. The van der Waals surface area contributed by atoms with Crippen LogP contribution in [0.25, 0.3) is 6.08 Å². The molecule has 1 aromatic carbocycles. The van der Waals surface area contributed by atoms with Crippen molar-refractivity contribution in [3.8, 4) is 5.75 Å². The van der Waals surface area contributed by atoms with Crippen LogP contribution in [-0.2, 0) is 7.05 Å². The van der Waals surface area contributed by atoms with Crippen molar-refractivity contribution in [1.29, 1.82) is 0 Å². The average molecular weight is 246 g/mol. The minimum Gasteiger partial charge on any atom is -0.508 e. The highest BCUT2D eigenvalue weighted by atomic mass is 32.2. The highest BCUT2D eigenvalue weighted by Crippen LogP contribution is 2.33. The van der Waals surface area contributed by atoms with Crippen molar-refractivity contribution in [1.82, 2.24) is 9.78 Å². The molecule has 0 fully saturated rings. The van der Waals surface area contributed by atoms with Gasteiger partial charge in [-0.3, -0.25) is 4.68 Å². The van der Waals surface area contributed by atoms with E-state index in [9.17, 15) is 5.11 Å². The van der Waals surface area contributed by atoms with Gasteiger partial charge in [0.05, 0.1) is 5.69 Å². The van der Waals surface area contributed by atoms with Crippen molar-refractivity contribution in [2.45, 2.75) is 16.8 Å². The van der Waals surface area contributed by atoms with Gasteiger partial charge in [-0.2, -0.15) is 5.10 Å². The van der Waals surface area contributed by atoms with Crippen molar-refractivity contribution in [2.24, 2.45) is 7.05 Å². The molecule has 0 amide bonds. The lowest BCUT2D eigenvalue weighted by Gasteiger charge is -2.04. The van der Waals surface area contributed by atoms with E-state index in [1.54, 1.807) is 23.9 Å². The van der Waals surface area contributed by atoms with Gasteiger partial charge in [-0.15, -0.1) is 0 Å². The Labute approximate surface area is 105 Å². The summed E-state index contributed by atoms with van der Waals surface area (Å²) < 4.78 is 1.83. The average Bonchev–Trinajstić information content (AvgIpc) is 2.53. The van der Waals surface area contributed by atoms with Crippen molar-refractivity contribution in [2.75, 3.05) is 0 Å². The summed E-state index contributed by atoms with van der Waals surface area (Å²) in [5.74, 6) is 0.272. The molecule has 4 heteroatoms. The molecule has 88 valence electrons. The van der Waals surface area contributed by atoms with E-state index in [2.05, 4.69) is 11.7 Å². The van der Waals surface area contributed by atoms with Gasteiger partial charge >= 0.3 is 0 Å². The third-order valence-electron chi connectivity index (χ3n) is 2.45. The van der Waals surface area contributed by atoms with Gasteiger partial charge in [0, 0.05) is 17.5 Å². The zero-order valence-corrected chi connectivity index (χ0v) is 10.7. The lowest BCUT2D eigenvalue weighted by molar-refractivity contribution is 0.474. The van der Waals surface area contributed by atoms with E-state index < -0.39 is 0 Å². The predicted octanol–water partition coefficient (Wildman–Crippen LogP) is 3.23. The summed E-state index contributed by atoms with van der Waals surface area (Å²) in [4.78, 5) is 0.983. The second kappa shape index (κ2) is 4.67. The summed E-state index contributed by atoms with van der Waals surface area (Å²) in [6.07, 6.45) is 1.81. The van der Waals surface area contributed by atoms with Crippen LogP contribution in [0.1, 0.15) is 11.3 Å². The third-order valence-corrected chi connectivity index (χ3v) is 3.62. The maximum atomic E-state index is 9.44. The quantitative estimate of drug-likeness (QED) is 0.903. The molecule has 1 N–H and O–H groups in total. The molecule has 0 saturated carbocycles. The summed E-state index contributed by atoms with van der Waals surface area (Å²) in [7, 11) is 1.91. The number of aryl methyl sites for hydroxylation is 2. The Balaban J connectivity index is 2.39. The Morgan fingerprint density at radius 1 is 1.47 bits per heavy atom. The molecule has 0 aliphatic carbocycles. The van der Waals surface area contributed by atoms with Crippen LogP contribution in [-0.4, -0.2) is 14.9 Å². The maximum absolute atomic E-state index is 9.44. The first kappa shape index (κ1) is 11.8. The van der Waals surface area contributed by atoms with Crippen LogP contribution >= 0.6 is 11.8 Å². The predicted molar refractivity (Wildman–Crippen MR) is 70.3 cm³/mol. The molecular weight excluding hydrogens is 232 g/mol. The van der Waals surface area contributed by atoms with Crippen LogP contribution < -0.4 is 0 Å². The fourth-order valence-electron chi connectivity index (χ4n) is 1.67. The monoisotopic (exact) mass is 246 g/mol. The second-order valence-corrected chi connectivity index (χ2v) is 4.79. The molecule has 0 atom stereocenters. The van der Waals surface area contributed by atoms with Crippen molar-refractivity contribution < 1.29 is 5.11 Å². The molecule has 0 bridgehead atoms. The van der Waals surface area contributed by atoms with Crippen LogP contribution in [0.5, 0.6) is 5.75 Å². The van der Waals surface area contributed by atoms with Crippen molar-refractivity contribution in [3.05, 3.63) is 42.1 Å². The van der Waals surface area contributed by atoms with Gasteiger partial charge in [-0.1, -0.05) is 30.5 Å². The number of hydrogen-bond acceptors (Lipinski definition) is 3. The second-order valence-electron chi connectivity index (χ2n) is 3.73. The summed E-state index contributed by atoms with van der Waals surface area (Å²) in [6.45, 7) is 5.77. The number of hydrogen-bond donors (Lipinski definition) is 1. The molecule has 0 aliphatic rings. The van der Waals surface area contributed by atoms with Crippen LogP contribution in [0.4, 0.5) is 0 Å². The normalized spacial score (nSPS) is 10.5.